The van der Waals surface area contributed by atoms with E-state index >= 15 is 0 Å². The predicted molar refractivity (Wildman–Crippen MR) is 177 cm³/mol. The van der Waals surface area contributed by atoms with E-state index in [4.69, 9.17) is 8.83 Å². The highest BCUT2D eigenvalue weighted by molar-refractivity contribution is 7.25. The maximum absolute atomic E-state index is 13.6. The summed E-state index contributed by atoms with van der Waals surface area (Å²) in [6.45, 7) is 0. The van der Waals surface area contributed by atoms with Crippen LogP contribution in [-0.2, 0) is 0 Å². The standard InChI is InChI=1S/C38H20O4S/c39-37-35-31(19-29(41-37)33-25-13-5-1-9-21(25)17-22-10-2-6-14-26(22)33)43-32-20-30(42-38(40)36(32)35)34-27-15-7-3-11-23(27)18-24-12-4-8-16-28(24)34/h1-20H. The molecule has 0 unspecified atom stereocenters. The fourth-order valence-corrected chi connectivity index (χ4v) is 7.62. The van der Waals surface area contributed by atoms with Crippen LogP contribution in [0, 0.1) is 0 Å². The van der Waals surface area contributed by atoms with Crippen molar-refractivity contribution >= 4 is 74.6 Å². The Hall–Kier alpha value is -5.52. The molecule has 9 rings (SSSR count). The summed E-state index contributed by atoms with van der Waals surface area (Å²) in [4.78, 5) is 27.3. The molecule has 5 heteroatoms. The Labute approximate surface area is 247 Å². The Morgan fingerprint density at radius 2 is 0.744 bits per heavy atom. The SMILES string of the molecule is O=c1oc(-c2c3ccccc3cc3ccccc23)cc2sc3cc(-c4c5ccccc5cc5ccccc45)oc(=O)c3c12. The van der Waals surface area contributed by atoms with Crippen LogP contribution in [-0.4, -0.2) is 0 Å². The third-order valence-corrected chi connectivity index (χ3v) is 9.42. The van der Waals surface area contributed by atoms with Crippen molar-refractivity contribution in [1.29, 1.82) is 0 Å². The number of hydrogen-bond donors (Lipinski definition) is 0. The molecule has 202 valence electrons. The molecule has 4 nitrogen and oxygen atoms in total. The molecule has 9 aromatic rings. The van der Waals surface area contributed by atoms with E-state index < -0.39 is 11.3 Å². The Bertz CT molecular complexity index is 2430. The summed E-state index contributed by atoms with van der Waals surface area (Å²) in [5.41, 5.74) is 0.623. The normalized spacial score (nSPS) is 11.9. The van der Waals surface area contributed by atoms with Gasteiger partial charge in [0.2, 0.25) is 0 Å². The summed E-state index contributed by atoms with van der Waals surface area (Å²) in [7, 11) is 0. The molecule has 0 bridgehead atoms. The lowest BCUT2D eigenvalue weighted by molar-refractivity contribution is 0.531. The van der Waals surface area contributed by atoms with Crippen molar-refractivity contribution in [1.82, 2.24) is 0 Å². The molecule has 0 aliphatic carbocycles. The summed E-state index contributed by atoms with van der Waals surface area (Å²) in [5.74, 6) is 0.948. The molecular formula is C38H20O4S. The molecule has 0 N–H and O–H groups in total. The highest BCUT2D eigenvalue weighted by Gasteiger charge is 2.21. The van der Waals surface area contributed by atoms with Crippen LogP contribution in [0.1, 0.15) is 0 Å². The number of hydrogen-bond acceptors (Lipinski definition) is 5. The van der Waals surface area contributed by atoms with Crippen LogP contribution in [0.2, 0.25) is 0 Å². The van der Waals surface area contributed by atoms with Gasteiger partial charge >= 0.3 is 11.3 Å². The summed E-state index contributed by atoms with van der Waals surface area (Å²) in [5, 5.41) is 8.73. The van der Waals surface area contributed by atoms with E-state index in [0.717, 1.165) is 54.2 Å². The molecule has 0 aliphatic heterocycles. The van der Waals surface area contributed by atoms with Crippen molar-refractivity contribution in [3.05, 3.63) is 142 Å². The quantitative estimate of drug-likeness (QED) is 0.193. The maximum Gasteiger partial charge on any atom is 0.345 e. The first-order chi connectivity index (χ1) is 21.1. The molecule has 0 fully saturated rings. The smallest absolute Gasteiger partial charge is 0.345 e. The van der Waals surface area contributed by atoms with Crippen LogP contribution in [0.5, 0.6) is 0 Å². The van der Waals surface area contributed by atoms with Crippen molar-refractivity contribution in [3.63, 3.8) is 0 Å². The zero-order chi connectivity index (χ0) is 28.7. The molecule has 0 radical (unpaired) electrons. The van der Waals surface area contributed by atoms with Gasteiger partial charge in [0.15, 0.2) is 0 Å². The lowest BCUT2D eigenvalue weighted by Gasteiger charge is -2.11. The van der Waals surface area contributed by atoms with Gasteiger partial charge in [-0.15, -0.1) is 11.3 Å². The fourth-order valence-electron chi connectivity index (χ4n) is 6.48. The second-order valence-electron chi connectivity index (χ2n) is 10.8. The highest BCUT2D eigenvalue weighted by atomic mass is 32.1. The Morgan fingerprint density at radius 1 is 0.419 bits per heavy atom. The van der Waals surface area contributed by atoms with Gasteiger partial charge in [-0.25, -0.2) is 9.59 Å². The Balaban J connectivity index is 1.34. The lowest BCUT2D eigenvalue weighted by atomic mass is 9.95. The number of fused-ring (bicyclic) bond motifs is 7. The fraction of sp³-hybridized carbons (Fsp3) is 0. The maximum atomic E-state index is 13.6. The largest absolute Gasteiger partial charge is 0.422 e. The molecular weight excluding hydrogens is 552 g/mol. The molecule has 0 spiro atoms. The topological polar surface area (TPSA) is 60.4 Å². The van der Waals surface area contributed by atoms with E-state index in [2.05, 4.69) is 36.4 Å². The first-order valence-electron chi connectivity index (χ1n) is 14.0. The summed E-state index contributed by atoms with van der Waals surface area (Å²) in [6.07, 6.45) is 0. The molecule has 3 aromatic heterocycles. The average Bonchev–Trinajstić information content (AvgIpc) is 3.42. The molecule has 0 saturated heterocycles. The van der Waals surface area contributed by atoms with Gasteiger partial charge in [0.25, 0.3) is 0 Å². The van der Waals surface area contributed by atoms with Crippen molar-refractivity contribution in [2.24, 2.45) is 0 Å². The predicted octanol–water partition coefficient (Wildman–Crippen LogP) is 9.91. The number of thiophene rings is 1. The van der Waals surface area contributed by atoms with E-state index in [-0.39, 0.29) is 10.8 Å². The van der Waals surface area contributed by atoms with Crippen LogP contribution in [0.25, 0.3) is 85.9 Å². The molecule has 0 aliphatic rings. The highest BCUT2D eigenvalue weighted by Crippen LogP contribution is 2.41. The second kappa shape index (κ2) is 8.99. The van der Waals surface area contributed by atoms with Crippen molar-refractivity contribution in [2.75, 3.05) is 0 Å². The molecule has 3 heterocycles. The first kappa shape index (κ1) is 24.1. The van der Waals surface area contributed by atoms with E-state index in [1.165, 1.54) is 11.3 Å². The zero-order valence-corrected chi connectivity index (χ0v) is 23.4. The second-order valence-corrected chi connectivity index (χ2v) is 11.8. The van der Waals surface area contributed by atoms with Crippen LogP contribution in [0.3, 0.4) is 0 Å². The summed E-state index contributed by atoms with van der Waals surface area (Å²) < 4.78 is 13.4. The van der Waals surface area contributed by atoms with Gasteiger partial charge in [0, 0.05) is 20.5 Å². The van der Waals surface area contributed by atoms with E-state index in [1.54, 1.807) is 0 Å². The minimum atomic E-state index is -0.550. The van der Waals surface area contributed by atoms with Crippen LogP contribution >= 0.6 is 11.3 Å². The molecule has 6 aromatic carbocycles. The van der Waals surface area contributed by atoms with Gasteiger partial charge in [-0.3, -0.25) is 0 Å². The van der Waals surface area contributed by atoms with Gasteiger partial charge < -0.3 is 8.83 Å². The summed E-state index contributed by atoms with van der Waals surface area (Å²) in [6, 6.07) is 40.4. The van der Waals surface area contributed by atoms with Crippen LogP contribution < -0.4 is 11.3 Å². The minimum absolute atomic E-state index is 0.261. The van der Waals surface area contributed by atoms with E-state index in [0.29, 0.717) is 20.9 Å². The van der Waals surface area contributed by atoms with Crippen molar-refractivity contribution in [2.45, 2.75) is 0 Å². The third kappa shape index (κ3) is 3.55. The Morgan fingerprint density at radius 3 is 1.09 bits per heavy atom. The number of benzene rings is 6. The van der Waals surface area contributed by atoms with Crippen molar-refractivity contribution in [3.8, 4) is 22.6 Å². The molecule has 0 amide bonds. The van der Waals surface area contributed by atoms with Gasteiger partial charge in [-0.05, 0) is 67.4 Å². The zero-order valence-electron chi connectivity index (χ0n) is 22.6. The van der Waals surface area contributed by atoms with Gasteiger partial charge in [0.1, 0.15) is 11.5 Å². The van der Waals surface area contributed by atoms with Gasteiger partial charge in [-0.1, -0.05) is 97.1 Å². The van der Waals surface area contributed by atoms with Crippen molar-refractivity contribution < 1.29 is 8.83 Å². The summed E-state index contributed by atoms with van der Waals surface area (Å²) >= 11 is 1.41. The first-order valence-corrected chi connectivity index (χ1v) is 14.8. The molecule has 43 heavy (non-hydrogen) atoms. The van der Waals surface area contributed by atoms with Crippen LogP contribution in [0.4, 0.5) is 0 Å². The van der Waals surface area contributed by atoms with E-state index in [1.807, 2.05) is 84.9 Å². The number of rotatable bonds is 2. The minimum Gasteiger partial charge on any atom is -0.422 e. The third-order valence-electron chi connectivity index (χ3n) is 8.34. The van der Waals surface area contributed by atoms with Gasteiger partial charge in [-0.2, -0.15) is 0 Å². The molecule has 0 saturated carbocycles. The monoisotopic (exact) mass is 572 g/mol. The van der Waals surface area contributed by atoms with Crippen LogP contribution in [0.15, 0.2) is 140 Å². The van der Waals surface area contributed by atoms with Gasteiger partial charge in [0.05, 0.1) is 10.8 Å². The van der Waals surface area contributed by atoms with E-state index in [9.17, 15) is 9.59 Å². The molecule has 0 atom stereocenters. The Kier molecular flexibility index (Phi) is 5.04. The lowest BCUT2D eigenvalue weighted by Crippen LogP contribution is -2.05. The average molecular weight is 573 g/mol.